The van der Waals surface area contributed by atoms with Gasteiger partial charge in [0.25, 0.3) is 0 Å². The molecule has 140 valence electrons. The summed E-state index contributed by atoms with van der Waals surface area (Å²) in [5, 5.41) is 6.39. The molecule has 2 unspecified atom stereocenters. The van der Waals surface area contributed by atoms with Gasteiger partial charge in [0.15, 0.2) is 0 Å². The minimum Gasteiger partial charge on any atom is -0.406 e. The molecular weight excluding hydrogens is 357 g/mol. The molecule has 0 spiro atoms. The van der Waals surface area contributed by atoms with Crippen molar-refractivity contribution in [3.05, 3.63) is 29.8 Å². The van der Waals surface area contributed by atoms with Gasteiger partial charge in [-0.1, -0.05) is 12.1 Å². The second-order valence-electron chi connectivity index (χ2n) is 6.65. The summed E-state index contributed by atoms with van der Waals surface area (Å²) < 4.78 is 40.1. The fraction of sp³-hybridized carbons (Fsp3) is 0.588. The molecule has 2 heterocycles. The summed E-state index contributed by atoms with van der Waals surface area (Å²) in [4.78, 5) is 12.1. The second kappa shape index (κ2) is 8.27. The maximum Gasteiger partial charge on any atom is 0.573 e. The third kappa shape index (κ3) is 6.08. The van der Waals surface area contributed by atoms with Crippen molar-refractivity contribution in [1.82, 2.24) is 10.6 Å². The summed E-state index contributed by atoms with van der Waals surface area (Å²) >= 11 is 0. The number of halogens is 4. The summed E-state index contributed by atoms with van der Waals surface area (Å²) in [6.45, 7) is 0.308. The van der Waals surface area contributed by atoms with Crippen LogP contribution >= 0.6 is 12.4 Å². The normalized spacial score (nSPS) is 25.2. The first-order valence-corrected chi connectivity index (χ1v) is 8.25. The molecule has 0 aliphatic carbocycles. The van der Waals surface area contributed by atoms with E-state index in [9.17, 15) is 18.0 Å². The third-order valence-electron chi connectivity index (χ3n) is 4.69. The third-order valence-corrected chi connectivity index (χ3v) is 4.69. The van der Waals surface area contributed by atoms with E-state index < -0.39 is 6.36 Å². The van der Waals surface area contributed by atoms with E-state index in [1.54, 1.807) is 0 Å². The van der Waals surface area contributed by atoms with Gasteiger partial charge in [0.05, 0.1) is 0 Å². The quantitative estimate of drug-likeness (QED) is 0.824. The Balaban J connectivity index is 0.00000225. The number of ether oxygens (including phenoxy) is 1. The highest BCUT2D eigenvalue weighted by Gasteiger charge is 2.34. The number of piperidine rings is 1. The second-order valence-corrected chi connectivity index (χ2v) is 6.65. The number of hydrogen-bond donors (Lipinski definition) is 2. The number of hydrogen-bond acceptors (Lipinski definition) is 3. The molecule has 8 heteroatoms. The van der Waals surface area contributed by atoms with Crippen molar-refractivity contribution in [3.63, 3.8) is 0 Å². The Kier molecular flexibility index (Phi) is 6.57. The molecule has 2 fully saturated rings. The summed E-state index contributed by atoms with van der Waals surface area (Å²) in [6.07, 6.45) is 0.332. The minimum atomic E-state index is -4.69. The molecule has 1 aromatic carbocycles. The number of carbonyl (C=O) groups is 1. The number of benzene rings is 1. The Morgan fingerprint density at radius 1 is 1.16 bits per heavy atom. The summed E-state index contributed by atoms with van der Waals surface area (Å²) in [5.41, 5.74) is 0.739. The van der Waals surface area contributed by atoms with Gasteiger partial charge in [0.1, 0.15) is 5.75 Å². The van der Waals surface area contributed by atoms with E-state index in [1.165, 1.54) is 37.1 Å². The molecule has 2 aliphatic heterocycles. The van der Waals surface area contributed by atoms with Crippen LogP contribution in [0, 0.1) is 5.92 Å². The molecule has 2 bridgehead atoms. The predicted molar refractivity (Wildman–Crippen MR) is 89.5 cm³/mol. The Hall–Kier alpha value is -1.47. The van der Waals surface area contributed by atoms with Crippen LogP contribution in [0.4, 0.5) is 13.2 Å². The van der Waals surface area contributed by atoms with Gasteiger partial charge in [0.2, 0.25) is 5.91 Å². The first kappa shape index (κ1) is 19.8. The average Bonchev–Trinajstić information content (AvgIpc) is 2.84. The topological polar surface area (TPSA) is 50.4 Å². The van der Waals surface area contributed by atoms with E-state index in [2.05, 4.69) is 15.4 Å². The summed E-state index contributed by atoms with van der Waals surface area (Å²) in [5.74, 6) is 0.158. The van der Waals surface area contributed by atoms with Gasteiger partial charge in [-0.25, -0.2) is 0 Å². The van der Waals surface area contributed by atoms with E-state index in [1.807, 2.05) is 0 Å². The van der Waals surface area contributed by atoms with Gasteiger partial charge in [0, 0.05) is 25.0 Å². The zero-order chi connectivity index (χ0) is 17.2. The fourth-order valence-corrected chi connectivity index (χ4v) is 3.69. The van der Waals surface area contributed by atoms with Crippen molar-refractivity contribution in [2.24, 2.45) is 5.92 Å². The van der Waals surface area contributed by atoms with E-state index in [-0.39, 0.29) is 24.1 Å². The Morgan fingerprint density at radius 3 is 2.32 bits per heavy atom. The number of fused-ring (bicyclic) bond motifs is 2. The van der Waals surface area contributed by atoms with E-state index in [0.717, 1.165) is 18.4 Å². The largest absolute Gasteiger partial charge is 0.573 e. The lowest BCUT2D eigenvalue weighted by Gasteiger charge is -2.28. The highest BCUT2D eigenvalue weighted by Crippen LogP contribution is 2.32. The highest BCUT2D eigenvalue weighted by atomic mass is 35.5. The van der Waals surface area contributed by atoms with E-state index in [4.69, 9.17) is 0 Å². The number of alkyl halides is 3. The minimum absolute atomic E-state index is 0. The van der Waals surface area contributed by atoms with Gasteiger partial charge in [-0.05, 0) is 49.3 Å². The van der Waals surface area contributed by atoms with Crippen LogP contribution in [-0.2, 0) is 11.3 Å². The van der Waals surface area contributed by atoms with Crippen LogP contribution in [0.15, 0.2) is 24.3 Å². The molecule has 3 rings (SSSR count). The van der Waals surface area contributed by atoms with Crippen molar-refractivity contribution in [3.8, 4) is 5.75 Å². The molecule has 2 atom stereocenters. The molecule has 2 saturated heterocycles. The Morgan fingerprint density at radius 2 is 1.76 bits per heavy atom. The predicted octanol–water partition coefficient (Wildman–Crippen LogP) is 3.54. The number of rotatable bonds is 5. The molecule has 1 amide bonds. The molecule has 2 N–H and O–H groups in total. The zero-order valence-electron chi connectivity index (χ0n) is 13.6. The van der Waals surface area contributed by atoms with Gasteiger partial charge in [-0.2, -0.15) is 0 Å². The van der Waals surface area contributed by atoms with E-state index in [0.29, 0.717) is 31.0 Å². The van der Waals surface area contributed by atoms with Gasteiger partial charge >= 0.3 is 6.36 Å². The van der Waals surface area contributed by atoms with Crippen molar-refractivity contribution in [1.29, 1.82) is 0 Å². The van der Waals surface area contributed by atoms with E-state index >= 15 is 0 Å². The van der Waals surface area contributed by atoms with Crippen molar-refractivity contribution >= 4 is 18.3 Å². The molecule has 1 aromatic rings. The molecule has 0 radical (unpaired) electrons. The molecule has 0 aromatic heterocycles. The smallest absolute Gasteiger partial charge is 0.406 e. The number of carbonyl (C=O) groups excluding carboxylic acids is 1. The van der Waals surface area contributed by atoms with Crippen molar-refractivity contribution in [2.45, 2.75) is 57.1 Å². The van der Waals surface area contributed by atoms with Crippen LogP contribution in [0.3, 0.4) is 0 Å². The fourth-order valence-electron chi connectivity index (χ4n) is 3.69. The molecule has 4 nitrogen and oxygen atoms in total. The Labute approximate surface area is 150 Å². The average molecular weight is 379 g/mol. The standard InChI is InChI=1S/C17H21F3N2O2.ClH/c18-17(19,20)24-15-5-1-11(2-6-15)10-21-16(23)9-12-7-13-3-4-14(8-12)22-13;/h1-2,5-6,12-14,22H,3-4,7-10H2,(H,21,23);1H. The maximum atomic E-state index is 12.1. The zero-order valence-corrected chi connectivity index (χ0v) is 14.5. The lowest BCUT2D eigenvalue weighted by molar-refractivity contribution is -0.274. The molecule has 0 saturated carbocycles. The van der Waals surface area contributed by atoms with Gasteiger partial charge in [-0.15, -0.1) is 25.6 Å². The van der Waals surface area contributed by atoms with Gasteiger partial charge < -0.3 is 15.4 Å². The van der Waals surface area contributed by atoms with Crippen LogP contribution in [0.1, 0.15) is 37.7 Å². The van der Waals surface area contributed by atoms with Crippen LogP contribution in [0.25, 0.3) is 0 Å². The molecule has 25 heavy (non-hydrogen) atoms. The first-order chi connectivity index (χ1) is 11.4. The monoisotopic (exact) mass is 378 g/mol. The summed E-state index contributed by atoms with van der Waals surface area (Å²) in [7, 11) is 0. The van der Waals surface area contributed by atoms with Crippen molar-refractivity contribution in [2.75, 3.05) is 0 Å². The van der Waals surface area contributed by atoms with Crippen LogP contribution in [0.2, 0.25) is 0 Å². The number of nitrogens with one attached hydrogen (secondary N) is 2. The van der Waals surface area contributed by atoms with Gasteiger partial charge in [-0.3, -0.25) is 4.79 Å². The molecular formula is C17H22ClF3N2O2. The van der Waals surface area contributed by atoms with Crippen LogP contribution in [0.5, 0.6) is 5.75 Å². The number of amides is 1. The highest BCUT2D eigenvalue weighted by molar-refractivity contribution is 5.85. The van der Waals surface area contributed by atoms with Crippen LogP contribution in [-0.4, -0.2) is 24.4 Å². The maximum absolute atomic E-state index is 12.1. The first-order valence-electron chi connectivity index (χ1n) is 8.25. The Bertz CT molecular complexity index is 568. The lowest BCUT2D eigenvalue weighted by atomic mass is 9.89. The lowest BCUT2D eigenvalue weighted by Crippen LogP contribution is -2.39. The summed E-state index contributed by atoms with van der Waals surface area (Å²) in [6, 6.07) is 6.66. The van der Waals surface area contributed by atoms with Crippen molar-refractivity contribution < 1.29 is 22.7 Å². The SMILES string of the molecule is Cl.O=C(CC1CC2CCC(C1)N2)NCc1ccc(OC(F)(F)F)cc1. The van der Waals surface area contributed by atoms with Crippen LogP contribution < -0.4 is 15.4 Å². The molecule has 2 aliphatic rings.